The highest BCUT2D eigenvalue weighted by Crippen LogP contribution is 2.45. The molecule has 4 N–H and O–H groups in total. The van der Waals surface area contributed by atoms with Gasteiger partial charge < -0.3 is 25.7 Å². The lowest BCUT2D eigenvalue weighted by molar-refractivity contribution is -0.117. The number of aromatic nitrogens is 3. The third-order valence-electron chi connectivity index (χ3n) is 6.89. The monoisotopic (exact) mass is 454 g/mol. The molecule has 0 spiro atoms. The number of hydrogen-bond acceptors (Lipinski definition) is 6. The Morgan fingerprint density at radius 3 is 2.44 bits per heavy atom. The summed E-state index contributed by atoms with van der Waals surface area (Å²) in [5, 5.41) is 0.986. The van der Waals surface area contributed by atoms with Crippen molar-refractivity contribution >= 4 is 34.0 Å². The second-order valence-corrected chi connectivity index (χ2v) is 8.94. The van der Waals surface area contributed by atoms with Crippen LogP contribution < -0.4 is 21.1 Å². The van der Waals surface area contributed by atoms with Crippen molar-refractivity contribution < 1.29 is 9.53 Å². The highest BCUT2D eigenvalue weighted by atomic mass is 16.5. The lowest BCUT2D eigenvalue weighted by Crippen LogP contribution is -2.23. The van der Waals surface area contributed by atoms with Gasteiger partial charge in [0.1, 0.15) is 5.75 Å². The van der Waals surface area contributed by atoms with E-state index in [1.165, 1.54) is 12.6 Å². The maximum absolute atomic E-state index is 12.1. The number of benzene rings is 2. The average molecular weight is 455 g/mol. The van der Waals surface area contributed by atoms with Crippen LogP contribution in [0.1, 0.15) is 38.1 Å². The van der Waals surface area contributed by atoms with Gasteiger partial charge in [0.15, 0.2) is 5.82 Å². The zero-order chi connectivity index (χ0) is 23.2. The Hall–Kier alpha value is -4.07. The fourth-order valence-electron chi connectivity index (χ4n) is 4.95. The van der Waals surface area contributed by atoms with Crippen molar-refractivity contribution in [1.29, 1.82) is 0 Å². The first-order valence-corrected chi connectivity index (χ1v) is 11.7. The van der Waals surface area contributed by atoms with E-state index in [4.69, 9.17) is 16.2 Å². The largest absolute Gasteiger partial charge is 0.436 e. The van der Waals surface area contributed by atoms with Gasteiger partial charge in [-0.3, -0.25) is 4.79 Å². The van der Waals surface area contributed by atoms with Crippen LogP contribution in [0.15, 0.2) is 54.9 Å². The van der Waals surface area contributed by atoms with Crippen LogP contribution in [0.5, 0.6) is 11.6 Å². The maximum atomic E-state index is 12.1. The van der Waals surface area contributed by atoms with Gasteiger partial charge >= 0.3 is 0 Å². The predicted octanol–water partition coefficient (Wildman–Crippen LogP) is 4.91. The Morgan fingerprint density at radius 1 is 0.971 bits per heavy atom. The number of hydrogen-bond donors (Lipinski definition) is 2. The van der Waals surface area contributed by atoms with E-state index in [0.29, 0.717) is 18.2 Å². The Kier molecular flexibility index (Phi) is 4.86. The second kappa shape index (κ2) is 8.06. The highest BCUT2D eigenvalue weighted by Gasteiger charge is 2.28. The molecule has 0 radical (unpaired) electrons. The first kappa shape index (κ1) is 20.5. The van der Waals surface area contributed by atoms with Crippen LogP contribution in [-0.4, -0.2) is 27.0 Å². The topological polar surface area (TPSA) is 112 Å². The van der Waals surface area contributed by atoms with Gasteiger partial charge in [0.25, 0.3) is 5.88 Å². The van der Waals surface area contributed by atoms with Crippen molar-refractivity contribution in [3.05, 3.63) is 54.9 Å². The van der Waals surface area contributed by atoms with Gasteiger partial charge in [-0.1, -0.05) is 12.1 Å². The van der Waals surface area contributed by atoms with Crippen molar-refractivity contribution in [2.24, 2.45) is 0 Å². The number of nitrogen functional groups attached to an aromatic ring is 2. The molecule has 3 heterocycles. The van der Waals surface area contributed by atoms with Crippen LogP contribution >= 0.6 is 0 Å². The number of amides is 1. The molecule has 172 valence electrons. The van der Waals surface area contributed by atoms with Gasteiger partial charge in [0.2, 0.25) is 5.91 Å². The minimum atomic E-state index is 0.187. The summed E-state index contributed by atoms with van der Waals surface area (Å²) >= 11 is 0. The molecule has 8 nitrogen and oxygen atoms in total. The van der Waals surface area contributed by atoms with E-state index in [-0.39, 0.29) is 17.6 Å². The number of nitrogens with two attached hydrogens (primary N) is 2. The van der Waals surface area contributed by atoms with Crippen LogP contribution in [0.4, 0.5) is 17.2 Å². The summed E-state index contributed by atoms with van der Waals surface area (Å²) < 4.78 is 8.30. The van der Waals surface area contributed by atoms with Gasteiger partial charge in [-0.15, -0.1) is 0 Å². The lowest BCUT2D eigenvalue weighted by Gasteiger charge is -2.30. The predicted molar refractivity (Wildman–Crippen MR) is 133 cm³/mol. The molecular formula is C26H26N6O2. The van der Waals surface area contributed by atoms with Gasteiger partial charge in [-0.05, 0) is 49.9 Å². The Balaban J connectivity index is 1.43. The molecule has 1 amide bonds. The molecule has 4 aromatic rings. The number of anilines is 3. The minimum Gasteiger partial charge on any atom is -0.436 e. The summed E-state index contributed by atoms with van der Waals surface area (Å²) in [6.45, 7) is 0.780. The number of carbonyl (C=O) groups excluding carboxylic acids is 1. The lowest BCUT2D eigenvalue weighted by atomic mass is 9.92. The molecule has 2 aliphatic rings. The highest BCUT2D eigenvalue weighted by molar-refractivity contribution is 6.02. The Bertz CT molecular complexity index is 1390. The average Bonchev–Trinajstić information content (AvgIpc) is 3.36. The number of fused-ring (bicyclic) bond motifs is 1. The normalized spacial score (nSPS) is 16.2. The third-order valence-corrected chi connectivity index (χ3v) is 6.89. The van der Waals surface area contributed by atoms with Crippen LogP contribution in [0.3, 0.4) is 0 Å². The smallest absolute Gasteiger partial charge is 0.262 e. The molecule has 0 atom stereocenters. The zero-order valence-corrected chi connectivity index (χ0v) is 18.8. The van der Waals surface area contributed by atoms with E-state index in [0.717, 1.165) is 59.3 Å². The summed E-state index contributed by atoms with van der Waals surface area (Å²) in [5.74, 6) is 1.34. The fraction of sp³-hybridized carbons (Fsp3) is 0.269. The van der Waals surface area contributed by atoms with E-state index in [9.17, 15) is 4.79 Å². The molecule has 6 rings (SSSR count). The SMILES string of the molecule is Nc1nccnc1Oc1ccc2c(N)c(-c3ccc(N4CCCC4=O)cc3)n(C3CCC3)c2c1. The number of nitrogens with zero attached hydrogens (tertiary/aromatic N) is 4. The van der Waals surface area contributed by atoms with Crippen LogP contribution in [0.25, 0.3) is 22.2 Å². The molecule has 34 heavy (non-hydrogen) atoms. The first-order valence-electron chi connectivity index (χ1n) is 11.7. The number of rotatable bonds is 5. The summed E-state index contributed by atoms with van der Waals surface area (Å²) in [6, 6.07) is 14.4. The first-order chi connectivity index (χ1) is 16.6. The van der Waals surface area contributed by atoms with Crippen LogP contribution in [0.2, 0.25) is 0 Å². The van der Waals surface area contributed by atoms with E-state index >= 15 is 0 Å². The summed E-state index contributed by atoms with van der Waals surface area (Å²) in [4.78, 5) is 22.2. The van der Waals surface area contributed by atoms with Crippen molar-refractivity contribution in [2.45, 2.75) is 38.1 Å². The number of carbonyl (C=O) groups is 1. The summed E-state index contributed by atoms with van der Waals surface area (Å²) in [6.07, 6.45) is 8.04. The Labute approximate surface area is 197 Å². The molecule has 2 aromatic heterocycles. The quantitative estimate of drug-likeness (QED) is 0.443. The molecule has 2 fully saturated rings. The molecule has 1 aliphatic carbocycles. The van der Waals surface area contributed by atoms with Crippen LogP contribution in [0, 0.1) is 0 Å². The molecule has 2 aromatic carbocycles. The third kappa shape index (κ3) is 3.34. The van der Waals surface area contributed by atoms with E-state index in [1.54, 1.807) is 6.20 Å². The minimum absolute atomic E-state index is 0.187. The van der Waals surface area contributed by atoms with Crippen molar-refractivity contribution in [3.63, 3.8) is 0 Å². The van der Waals surface area contributed by atoms with Gasteiger partial charge in [-0.25, -0.2) is 9.97 Å². The van der Waals surface area contributed by atoms with E-state index in [2.05, 4.69) is 26.7 Å². The molecule has 8 heteroatoms. The second-order valence-electron chi connectivity index (χ2n) is 8.94. The molecule has 0 unspecified atom stereocenters. The van der Waals surface area contributed by atoms with E-state index < -0.39 is 0 Å². The molecule has 1 saturated heterocycles. The van der Waals surface area contributed by atoms with Crippen molar-refractivity contribution in [3.8, 4) is 22.9 Å². The van der Waals surface area contributed by atoms with Crippen molar-refractivity contribution in [2.75, 3.05) is 22.9 Å². The molecular weight excluding hydrogens is 428 g/mol. The van der Waals surface area contributed by atoms with E-state index in [1.807, 2.05) is 35.2 Å². The summed E-state index contributed by atoms with van der Waals surface area (Å²) in [5.41, 5.74) is 17.4. The van der Waals surface area contributed by atoms with Gasteiger partial charge in [-0.2, -0.15) is 0 Å². The summed E-state index contributed by atoms with van der Waals surface area (Å²) in [7, 11) is 0. The maximum Gasteiger partial charge on any atom is 0.262 e. The van der Waals surface area contributed by atoms with Gasteiger partial charge in [0.05, 0.1) is 16.9 Å². The zero-order valence-electron chi connectivity index (χ0n) is 18.8. The van der Waals surface area contributed by atoms with Crippen molar-refractivity contribution in [1.82, 2.24) is 14.5 Å². The van der Waals surface area contributed by atoms with Crippen LogP contribution in [-0.2, 0) is 4.79 Å². The molecule has 1 saturated carbocycles. The fourth-order valence-corrected chi connectivity index (χ4v) is 4.95. The Morgan fingerprint density at radius 2 is 1.76 bits per heavy atom. The van der Waals surface area contributed by atoms with Gasteiger partial charge in [0, 0.05) is 54.1 Å². The molecule has 1 aliphatic heterocycles. The molecule has 0 bridgehead atoms. The number of ether oxygens (including phenoxy) is 1. The standard InChI is InChI=1S/C26H26N6O2/c27-23-20-11-10-19(34-26-25(28)29-12-13-30-26)15-21(20)32(18-3-1-4-18)24(23)16-6-8-17(9-7-16)31-14-2-5-22(31)33/h6-13,15,18H,1-5,14,27H2,(H2,28,29).